The molecule has 1 saturated heterocycles. The average Bonchev–Trinajstić information content (AvgIpc) is 2.96. The molecule has 22 heavy (non-hydrogen) atoms. The molecule has 0 unspecified atom stereocenters. The SMILES string of the molecule is CC[C@@H](C)C[C@@H]1CNC(=O)c2cc(N3CCOC[C@H]3C)nn21. The van der Waals surface area contributed by atoms with Gasteiger partial charge in [0.2, 0.25) is 0 Å². The highest BCUT2D eigenvalue weighted by atomic mass is 16.5. The first-order valence-corrected chi connectivity index (χ1v) is 8.32. The summed E-state index contributed by atoms with van der Waals surface area (Å²) in [5, 5.41) is 7.77. The van der Waals surface area contributed by atoms with Crippen LogP contribution in [0.1, 0.15) is 50.1 Å². The lowest BCUT2D eigenvalue weighted by atomic mass is 9.98. The van der Waals surface area contributed by atoms with Gasteiger partial charge < -0.3 is 15.0 Å². The fourth-order valence-electron chi connectivity index (χ4n) is 3.24. The lowest BCUT2D eigenvalue weighted by Crippen LogP contribution is -2.44. The summed E-state index contributed by atoms with van der Waals surface area (Å²) >= 11 is 0. The summed E-state index contributed by atoms with van der Waals surface area (Å²) in [6, 6.07) is 2.48. The van der Waals surface area contributed by atoms with Gasteiger partial charge in [-0.2, -0.15) is 5.10 Å². The predicted molar refractivity (Wildman–Crippen MR) is 85.3 cm³/mol. The van der Waals surface area contributed by atoms with Crippen molar-refractivity contribution in [3.05, 3.63) is 11.8 Å². The van der Waals surface area contributed by atoms with Gasteiger partial charge >= 0.3 is 0 Å². The average molecular weight is 306 g/mol. The van der Waals surface area contributed by atoms with Crippen LogP contribution in [0.4, 0.5) is 5.82 Å². The van der Waals surface area contributed by atoms with E-state index in [9.17, 15) is 4.79 Å². The Bertz CT molecular complexity index is 542. The Morgan fingerprint density at radius 2 is 2.36 bits per heavy atom. The quantitative estimate of drug-likeness (QED) is 0.922. The van der Waals surface area contributed by atoms with Crippen molar-refractivity contribution in [2.24, 2.45) is 5.92 Å². The molecule has 6 heteroatoms. The maximum absolute atomic E-state index is 12.1. The minimum absolute atomic E-state index is 0.0138. The first kappa shape index (κ1) is 15.3. The van der Waals surface area contributed by atoms with E-state index in [1.165, 1.54) is 0 Å². The van der Waals surface area contributed by atoms with E-state index >= 15 is 0 Å². The number of anilines is 1. The van der Waals surface area contributed by atoms with Crippen LogP contribution in [0.25, 0.3) is 0 Å². The van der Waals surface area contributed by atoms with Crippen molar-refractivity contribution in [3.63, 3.8) is 0 Å². The molecule has 0 aromatic carbocycles. The number of nitrogens with zero attached hydrogens (tertiary/aromatic N) is 3. The zero-order valence-corrected chi connectivity index (χ0v) is 13.7. The molecule has 1 N–H and O–H groups in total. The number of hydrogen-bond acceptors (Lipinski definition) is 4. The molecule has 1 aromatic rings. The van der Waals surface area contributed by atoms with Gasteiger partial charge in [0.1, 0.15) is 5.69 Å². The van der Waals surface area contributed by atoms with Crippen molar-refractivity contribution in [2.75, 3.05) is 31.2 Å². The molecule has 0 saturated carbocycles. The van der Waals surface area contributed by atoms with Crippen LogP contribution in [-0.4, -0.2) is 48.0 Å². The molecular weight excluding hydrogens is 280 g/mol. The Hall–Kier alpha value is -1.56. The molecule has 1 fully saturated rings. The van der Waals surface area contributed by atoms with Gasteiger partial charge in [0.05, 0.1) is 25.3 Å². The molecule has 2 aliphatic rings. The number of ether oxygens (including phenoxy) is 1. The minimum atomic E-state index is -0.0138. The van der Waals surface area contributed by atoms with E-state index in [0.29, 0.717) is 30.8 Å². The molecule has 6 nitrogen and oxygen atoms in total. The van der Waals surface area contributed by atoms with Crippen LogP contribution < -0.4 is 10.2 Å². The van der Waals surface area contributed by atoms with Gasteiger partial charge in [0, 0.05) is 19.2 Å². The van der Waals surface area contributed by atoms with E-state index in [0.717, 1.165) is 31.8 Å². The van der Waals surface area contributed by atoms with Crippen LogP contribution >= 0.6 is 0 Å². The molecule has 3 rings (SSSR count). The van der Waals surface area contributed by atoms with Crippen LogP contribution in [0.15, 0.2) is 6.07 Å². The number of aromatic nitrogens is 2. The summed E-state index contributed by atoms with van der Waals surface area (Å²) in [4.78, 5) is 14.4. The maximum atomic E-state index is 12.1. The Balaban J connectivity index is 1.87. The highest BCUT2D eigenvalue weighted by Crippen LogP contribution is 2.27. The normalized spacial score (nSPS) is 26.5. The standard InChI is InChI=1S/C16H26N4O2/c1-4-11(2)7-13-9-17-16(21)14-8-15(18-20(13)14)19-5-6-22-10-12(19)3/h8,11-13H,4-7,9-10H2,1-3H3,(H,17,21)/t11-,12-,13-/m1/s1. The number of carbonyl (C=O) groups is 1. The first-order valence-electron chi connectivity index (χ1n) is 8.32. The van der Waals surface area contributed by atoms with Gasteiger partial charge in [0.25, 0.3) is 5.91 Å². The Kier molecular flexibility index (Phi) is 4.38. The Labute approximate surface area is 131 Å². The van der Waals surface area contributed by atoms with E-state index < -0.39 is 0 Å². The number of rotatable bonds is 4. The topological polar surface area (TPSA) is 59.4 Å². The minimum Gasteiger partial charge on any atom is -0.377 e. The summed E-state index contributed by atoms with van der Waals surface area (Å²) < 4.78 is 7.44. The highest BCUT2D eigenvalue weighted by Gasteiger charge is 2.30. The van der Waals surface area contributed by atoms with Gasteiger partial charge in [-0.3, -0.25) is 9.48 Å². The van der Waals surface area contributed by atoms with E-state index in [4.69, 9.17) is 9.84 Å². The number of amides is 1. The molecule has 1 aromatic heterocycles. The van der Waals surface area contributed by atoms with Gasteiger partial charge in [-0.15, -0.1) is 0 Å². The van der Waals surface area contributed by atoms with Crippen molar-refractivity contribution >= 4 is 11.7 Å². The van der Waals surface area contributed by atoms with Crippen molar-refractivity contribution < 1.29 is 9.53 Å². The number of fused-ring (bicyclic) bond motifs is 1. The number of carbonyl (C=O) groups excluding carboxylic acids is 1. The monoisotopic (exact) mass is 306 g/mol. The predicted octanol–water partition coefficient (Wildman–Crippen LogP) is 1.83. The third-order valence-electron chi connectivity index (χ3n) is 4.83. The molecule has 2 aliphatic heterocycles. The van der Waals surface area contributed by atoms with E-state index in [1.54, 1.807) is 0 Å². The van der Waals surface area contributed by atoms with Crippen LogP contribution in [0.2, 0.25) is 0 Å². The summed E-state index contributed by atoms with van der Waals surface area (Å²) in [5.74, 6) is 1.51. The largest absolute Gasteiger partial charge is 0.377 e. The maximum Gasteiger partial charge on any atom is 0.269 e. The molecule has 0 radical (unpaired) electrons. The van der Waals surface area contributed by atoms with Crippen molar-refractivity contribution in [2.45, 2.75) is 45.7 Å². The Morgan fingerprint density at radius 3 is 3.09 bits per heavy atom. The third kappa shape index (κ3) is 2.84. The van der Waals surface area contributed by atoms with Crippen molar-refractivity contribution in [3.8, 4) is 0 Å². The second-order valence-electron chi connectivity index (χ2n) is 6.56. The number of morpholine rings is 1. The van der Waals surface area contributed by atoms with E-state index in [2.05, 4.69) is 31.0 Å². The van der Waals surface area contributed by atoms with E-state index in [-0.39, 0.29) is 11.9 Å². The van der Waals surface area contributed by atoms with Crippen molar-refractivity contribution in [1.82, 2.24) is 15.1 Å². The first-order chi connectivity index (χ1) is 10.6. The molecule has 3 atom stereocenters. The van der Waals surface area contributed by atoms with E-state index in [1.807, 2.05) is 10.7 Å². The smallest absolute Gasteiger partial charge is 0.269 e. The lowest BCUT2D eigenvalue weighted by Gasteiger charge is -2.33. The van der Waals surface area contributed by atoms with Crippen LogP contribution in [0.5, 0.6) is 0 Å². The zero-order valence-electron chi connectivity index (χ0n) is 13.7. The number of nitrogens with one attached hydrogen (secondary N) is 1. The number of hydrogen-bond donors (Lipinski definition) is 1. The van der Waals surface area contributed by atoms with Gasteiger partial charge in [-0.1, -0.05) is 20.3 Å². The van der Waals surface area contributed by atoms with Crippen LogP contribution in [-0.2, 0) is 4.74 Å². The molecule has 1 amide bonds. The van der Waals surface area contributed by atoms with Crippen molar-refractivity contribution in [1.29, 1.82) is 0 Å². The van der Waals surface area contributed by atoms with Crippen LogP contribution in [0.3, 0.4) is 0 Å². The summed E-state index contributed by atoms with van der Waals surface area (Å²) in [7, 11) is 0. The summed E-state index contributed by atoms with van der Waals surface area (Å²) in [6.45, 7) is 9.53. The third-order valence-corrected chi connectivity index (χ3v) is 4.83. The van der Waals surface area contributed by atoms with Gasteiger partial charge in [-0.05, 0) is 19.3 Å². The zero-order chi connectivity index (χ0) is 15.7. The lowest BCUT2D eigenvalue weighted by molar-refractivity contribution is 0.0902. The van der Waals surface area contributed by atoms with Gasteiger partial charge in [-0.25, -0.2) is 0 Å². The van der Waals surface area contributed by atoms with Gasteiger partial charge in [0.15, 0.2) is 5.82 Å². The second-order valence-corrected chi connectivity index (χ2v) is 6.56. The summed E-state index contributed by atoms with van der Waals surface area (Å²) in [5.41, 5.74) is 0.688. The molecule has 0 bridgehead atoms. The van der Waals surface area contributed by atoms with Crippen LogP contribution in [0, 0.1) is 5.92 Å². The Morgan fingerprint density at radius 1 is 1.55 bits per heavy atom. The second kappa shape index (κ2) is 6.28. The fraction of sp³-hybridized carbons (Fsp3) is 0.750. The summed E-state index contributed by atoms with van der Waals surface area (Å²) in [6.07, 6.45) is 2.19. The molecule has 122 valence electrons. The molecule has 3 heterocycles. The molecule has 0 spiro atoms. The fourth-order valence-corrected chi connectivity index (χ4v) is 3.24. The molecule has 0 aliphatic carbocycles. The highest BCUT2D eigenvalue weighted by molar-refractivity contribution is 5.94. The molecular formula is C16H26N4O2.